The molecule has 14 heavy (non-hydrogen) atoms. The van der Waals surface area contributed by atoms with E-state index in [1.807, 2.05) is 4.90 Å². The van der Waals surface area contributed by atoms with Crippen molar-refractivity contribution in [2.75, 3.05) is 18.0 Å². The molecule has 0 aliphatic carbocycles. The van der Waals surface area contributed by atoms with Gasteiger partial charge in [0.25, 0.3) is 0 Å². The minimum absolute atomic E-state index is 0.274. The summed E-state index contributed by atoms with van der Waals surface area (Å²) >= 11 is 5.79. The molecule has 6 heteroatoms. The number of halogens is 1. The Morgan fingerprint density at radius 3 is 2.93 bits per heavy atom. The van der Waals surface area contributed by atoms with Crippen molar-refractivity contribution in [3.63, 3.8) is 0 Å². The Labute approximate surface area is 86.7 Å². The first-order valence-corrected chi connectivity index (χ1v) is 5.01. The lowest BCUT2D eigenvalue weighted by molar-refractivity contribution is 0.198. The topological polar surface area (TPSA) is 62.4 Å². The Morgan fingerprint density at radius 2 is 2.43 bits per heavy atom. The van der Waals surface area contributed by atoms with Crippen LogP contribution in [0.2, 0.25) is 0 Å². The van der Waals surface area contributed by atoms with Crippen molar-refractivity contribution >= 4 is 17.6 Å². The van der Waals surface area contributed by atoms with Gasteiger partial charge >= 0.3 is 6.01 Å². The van der Waals surface area contributed by atoms with Gasteiger partial charge in [-0.25, -0.2) is 0 Å². The highest BCUT2D eigenvalue weighted by atomic mass is 35.5. The van der Waals surface area contributed by atoms with Crippen LogP contribution >= 0.6 is 11.6 Å². The van der Waals surface area contributed by atoms with Crippen LogP contribution in [-0.2, 0) is 0 Å². The van der Waals surface area contributed by atoms with Crippen molar-refractivity contribution < 1.29 is 9.52 Å². The van der Waals surface area contributed by atoms with Crippen molar-refractivity contribution in [1.29, 1.82) is 0 Å². The lowest BCUT2D eigenvalue weighted by atomic mass is 10.3. The van der Waals surface area contributed by atoms with Gasteiger partial charge in [-0.2, -0.15) is 0 Å². The summed E-state index contributed by atoms with van der Waals surface area (Å²) < 4.78 is 5.34. The molecule has 0 bridgehead atoms. The average molecular weight is 218 g/mol. The fraction of sp³-hybridized carbons (Fsp3) is 0.750. The summed E-state index contributed by atoms with van der Waals surface area (Å²) in [5.74, 6) is 0.419. The smallest absolute Gasteiger partial charge is 0.318 e. The highest BCUT2D eigenvalue weighted by Crippen LogP contribution is 2.23. The average Bonchev–Trinajstić information content (AvgIpc) is 2.70. The zero-order valence-electron chi connectivity index (χ0n) is 7.85. The quantitative estimate of drug-likeness (QED) is 0.747. The summed E-state index contributed by atoms with van der Waals surface area (Å²) in [5, 5.41) is 16.7. The zero-order chi connectivity index (χ0) is 10.1. The number of aromatic nitrogens is 2. The molecule has 5 nitrogen and oxygen atoms in total. The molecule has 1 aromatic rings. The van der Waals surface area contributed by atoms with Crippen LogP contribution in [0, 0.1) is 0 Å². The van der Waals surface area contributed by atoms with E-state index in [9.17, 15) is 5.11 Å². The summed E-state index contributed by atoms with van der Waals surface area (Å²) in [6.07, 6.45) is 0.451. The van der Waals surface area contributed by atoms with Gasteiger partial charge in [0.1, 0.15) is 5.38 Å². The number of rotatable bonds is 2. The van der Waals surface area contributed by atoms with Gasteiger partial charge in [-0.3, -0.25) is 0 Å². The minimum Gasteiger partial charge on any atom is -0.406 e. The summed E-state index contributed by atoms with van der Waals surface area (Å²) in [5.41, 5.74) is 0. The molecule has 0 saturated carbocycles. The second-order valence-corrected chi connectivity index (χ2v) is 4.08. The third-order valence-corrected chi connectivity index (χ3v) is 2.39. The standard InChI is InChI=1S/C8H12ClN3O2/c1-5(9)7-10-11-8(14-7)12-3-2-6(13)4-12/h5-6,13H,2-4H2,1H3. The van der Waals surface area contributed by atoms with Gasteiger partial charge in [0.05, 0.1) is 6.10 Å². The number of anilines is 1. The molecule has 0 spiro atoms. The van der Waals surface area contributed by atoms with Crippen molar-refractivity contribution in [2.45, 2.75) is 24.8 Å². The van der Waals surface area contributed by atoms with Crippen LogP contribution in [0.4, 0.5) is 6.01 Å². The van der Waals surface area contributed by atoms with Gasteiger partial charge in [0, 0.05) is 13.1 Å². The molecule has 1 fully saturated rings. The molecular weight excluding hydrogens is 206 g/mol. The Bertz CT molecular complexity index is 315. The SMILES string of the molecule is CC(Cl)c1nnc(N2CCC(O)C2)o1. The Balaban J connectivity index is 2.09. The van der Waals surface area contributed by atoms with Crippen LogP contribution in [0.15, 0.2) is 4.42 Å². The van der Waals surface area contributed by atoms with E-state index in [4.69, 9.17) is 16.0 Å². The van der Waals surface area contributed by atoms with Crippen molar-refractivity contribution in [2.24, 2.45) is 0 Å². The van der Waals surface area contributed by atoms with E-state index >= 15 is 0 Å². The highest BCUT2D eigenvalue weighted by Gasteiger charge is 2.25. The second-order valence-electron chi connectivity index (χ2n) is 3.43. The maximum atomic E-state index is 9.32. The summed E-state index contributed by atoms with van der Waals surface area (Å²) in [6.45, 7) is 3.08. The fourth-order valence-electron chi connectivity index (χ4n) is 1.43. The molecule has 2 heterocycles. The normalized spacial score (nSPS) is 24.2. The maximum Gasteiger partial charge on any atom is 0.318 e. The third kappa shape index (κ3) is 1.83. The number of aliphatic hydroxyl groups is 1. The van der Waals surface area contributed by atoms with Gasteiger partial charge in [0.2, 0.25) is 5.89 Å². The van der Waals surface area contributed by atoms with Gasteiger partial charge in [-0.1, -0.05) is 5.10 Å². The van der Waals surface area contributed by atoms with E-state index < -0.39 is 0 Å². The van der Waals surface area contributed by atoms with Gasteiger partial charge in [0.15, 0.2) is 0 Å². The predicted octanol–water partition coefficient (Wildman–Crippen LogP) is 0.940. The Morgan fingerprint density at radius 1 is 1.64 bits per heavy atom. The second kappa shape index (κ2) is 3.74. The molecule has 78 valence electrons. The molecular formula is C8H12ClN3O2. The Kier molecular flexibility index (Phi) is 2.60. The van der Waals surface area contributed by atoms with E-state index in [0.29, 0.717) is 18.5 Å². The van der Waals surface area contributed by atoms with Crippen molar-refractivity contribution in [3.05, 3.63) is 5.89 Å². The number of hydrogen-bond donors (Lipinski definition) is 1. The summed E-state index contributed by atoms with van der Waals surface area (Å²) in [7, 11) is 0. The zero-order valence-corrected chi connectivity index (χ0v) is 8.61. The molecule has 1 saturated heterocycles. The molecule has 2 rings (SSSR count). The largest absolute Gasteiger partial charge is 0.406 e. The first kappa shape index (κ1) is 9.73. The number of aliphatic hydroxyl groups excluding tert-OH is 1. The van der Waals surface area contributed by atoms with E-state index in [1.165, 1.54) is 0 Å². The van der Waals surface area contributed by atoms with Crippen LogP contribution in [0.25, 0.3) is 0 Å². The number of alkyl halides is 1. The van der Waals surface area contributed by atoms with E-state index in [-0.39, 0.29) is 11.5 Å². The minimum atomic E-state index is -0.293. The summed E-state index contributed by atoms with van der Waals surface area (Å²) in [4.78, 5) is 1.86. The lowest BCUT2D eigenvalue weighted by Gasteiger charge is -2.10. The highest BCUT2D eigenvalue weighted by molar-refractivity contribution is 6.20. The van der Waals surface area contributed by atoms with Crippen LogP contribution in [-0.4, -0.2) is 34.5 Å². The maximum absolute atomic E-state index is 9.32. The van der Waals surface area contributed by atoms with Crippen molar-refractivity contribution in [1.82, 2.24) is 10.2 Å². The Hall–Kier alpha value is -0.810. The van der Waals surface area contributed by atoms with Crippen LogP contribution in [0.5, 0.6) is 0 Å². The van der Waals surface area contributed by atoms with Gasteiger partial charge in [-0.15, -0.1) is 16.7 Å². The van der Waals surface area contributed by atoms with Crippen LogP contribution < -0.4 is 4.90 Å². The molecule has 1 aromatic heterocycles. The van der Waals surface area contributed by atoms with Crippen molar-refractivity contribution in [3.8, 4) is 0 Å². The molecule has 1 aliphatic heterocycles. The van der Waals surface area contributed by atoms with E-state index in [1.54, 1.807) is 6.92 Å². The monoisotopic (exact) mass is 217 g/mol. The molecule has 2 atom stereocenters. The van der Waals surface area contributed by atoms with Gasteiger partial charge < -0.3 is 14.4 Å². The molecule has 2 unspecified atom stereocenters. The summed E-state index contributed by atoms with van der Waals surface area (Å²) in [6, 6.07) is 0.448. The molecule has 1 N–H and O–H groups in total. The molecule has 0 amide bonds. The molecule has 0 aromatic carbocycles. The fourth-order valence-corrected chi connectivity index (χ4v) is 1.52. The van der Waals surface area contributed by atoms with Crippen LogP contribution in [0.1, 0.15) is 24.6 Å². The first-order chi connectivity index (χ1) is 6.66. The number of nitrogens with zero attached hydrogens (tertiary/aromatic N) is 3. The van der Waals surface area contributed by atoms with E-state index in [2.05, 4.69) is 10.2 Å². The van der Waals surface area contributed by atoms with E-state index in [0.717, 1.165) is 13.0 Å². The molecule has 0 radical (unpaired) electrons. The third-order valence-electron chi connectivity index (χ3n) is 2.20. The van der Waals surface area contributed by atoms with Gasteiger partial charge in [-0.05, 0) is 13.3 Å². The number of hydrogen-bond acceptors (Lipinski definition) is 5. The number of β-amino-alcohol motifs (C(OH)–C–C–N with tert-alkyl or cyclic N) is 1. The first-order valence-electron chi connectivity index (χ1n) is 4.57. The van der Waals surface area contributed by atoms with Crippen LogP contribution in [0.3, 0.4) is 0 Å². The lowest BCUT2D eigenvalue weighted by Crippen LogP contribution is -2.21. The molecule has 1 aliphatic rings. The predicted molar refractivity (Wildman–Crippen MR) is 51.4 cm³/mol.